The van der Waals surface area contributed by atoms with E-state index in [0.717, 1.165) is 4.90 Å². The van der Waals surface area contributed by atoms with E-state index in [1.165, 1.54) is 12.1 Å². The van der Waals surface area contributed by atoms with E-state index in [9.17, 15) is 19.2 Å². The molecule has 0 atom stereocenters. The van der Waals surface area contributed by atoms with Crippen LogP contribution in [0.15, 0.2) is 82.0 Å². The molecule has 162 valence electrons. The van der Waals surface area contributed by atoms with Crippen molar-refractivity contribution in [2.45, 2.75) is 0 Å². The molecule has 0 aliphatic carbocycles. The zero-order chi connectivity index (χ0) is 23.1. The second kappa shape index (κ2) is 8.03. The summed E-state index contributed by atoms with van der Waals surface area (Å²) in [5, 5.41) is 0.491. The van der Waals surface area contributed by atoms with Crippen molar-refractivity contribution in [3.05, 3.63) is 99.2 Å². The molecule has 3 aromatic carbocycles. The van der Waals surface area contributed by atoms with Crippen LogP contribution in [0.4, 0.5) is 0 Å². The molecule has 0 spiro atoms. The molecule has 0 fully saturated rings. The molecule has 0 radical (unpaired) electrons. The number of imide groups is 1. The number of carbonyl (C=O) groups is 3. The third-order valence-corrected chi connectivity index (χ3v) is 5.59. The summed E-state index contributed by atoms with van der Waals surface area (Å²) in [6.45, 7) is -0.666. The molecule has 33 heavy (non-hydrogen) atoms. The van der Waals surface area contributed by atoms with Crippen LogP contribution in [0.5, 0.6) is 5.75 Å². The van der Waals surface area contributed by atoms with Crippen LogP contribution in [0.1, 0.15) is 20.7 Å². The van der Waals surface area contributed by atoms with Crippen LogP contribution in [0, 0.1) is 0 Å². The normalized spacial score (nSPS) is 12.8. The quantitative estimate of drug-likeness (QED) is 0.333. The highest BCUT2D eigenvalue weighted by molar-refractivity contribution is 6.33. The van der Waals surface area contributed by atoms with Gasteiger partial charge in [-0.25, -0.2) is 4.79 Å². The largest absolute Gasteiger partial charge is 0.452 e. The summed E-state index contributed by atoms with van der Waals surface area (Å²) in [6, 6.07) is 19.4. The first-order chi connectivity index (χ1) is 16.0. The van der Waals surface area contributed by atoms with Crippen LogP contribution < -0.4 is 10.2 Å². The summed E-state index contributed by atoms with van der Waals surface area (Å²) in [4.78, 5) is 51.9. The lowest BCUT2D eigenvalue weighted by Crippen LogP contribution is -2.37. The number of hydrogen-bond acceptors (Lipinski definition) is 6. The summed E-state index contributed by atoms with van der Waals surface area (Å²) in [7, 11) is 0. The Labute approximate surface area is 191 Å². The lowest BCUT2D eigenvalue weighted by molar-refractivity contribution is -0.134. The van der Waals surface area contributed by atoms with Gasteiger partial charge in [0.05, 0.1) is 21.5 Å². The van der Waals surface area contributed by atoms with Gasteiger partial charge in [-0.2, -0.15) is 0 Å². The molecule has 0 unspecified atom stereocenters. The SMILES string of the molecule is O=C(CN1C(=O)c2ccccc2C1=O)Oc1c(-c2ccccc2Cl)oc2ccccc2c1=O. The van der Waals surface area contributed by atoms with Crippen molar-refractivity contribution in [3.63, 3.8) is 0 Å². The lowest BCUT2D eigenvalue weighted by atomic mass is 10.1. The number of amides is 2. The van der Waals surface area contributed by atoms with Gasteiger partial charge in [0.2, 0.25) is 11.2 Å². The van der Waals surface area contributed by atoms with Gasteiger partial charge in [-0.05, 0) is 36.4 Å². The maximum atomic E-state index is 13.2. The van der Waals surface area contributed by atoms with Crippen molar-refractivity contribution >= 4 is 40.4 Å². The van der Waals surface area contributed by atoms with Crippen molar-refractivity contribution in [1.29, 1.82) is 0 Å². The van der Waals surface area contributed by atoms with Gasteiger partial charge in [0.1, 0.15) is 12.1 Å². The fourth-order valence-electron chi connectivity index (χ4n) is 3.70. The van der Waals surface area contributed by atoms with E-state index in [-0.39, 0.29) is 38.6 Å². The van der Waals surface area contributed by atoms with E-state index in [1.54, 1.807) is 60.7 Å². The molecular weight excluding hydrogens is 446 g/mol. The minimum Gasteiger partial charge on any atom is -0.452 e. The van der Waals surface area contributed by atoms with Gasteiger partial charge in [-0.3, -0.25) is 19.3 Å². The minimum absolute atomic E-state index is 0.0278. The number of halogens is 1. The van der Waals surface area contributed by atoms with E-state index in [0.29, 0.717) is 5.56 Å². The first-order valence-corrected chi connectivity index (χ1v) is 10.3. The van der Waals surface area contributed by atoms with E-state index >= 15 is 0 Å². The topological polar surface area (TPSA) is 93.9 Å². The first-order valence-electron chi connectivity index (χ1n) is 9.92. The van der Waals surface area contributed by atoms with E-state index in [1.807, 2.05) is 0 Å². The monoisotopic (exact) mass is 459 g/mol. The molecule has 5 rings (SSSR count). The van der Waals surface area contributed by atoms with E-state index in [4.69, 9.17) is 20.8 Å². The molecule has 0 N–H and O–H groups in total. The maximum absolute atomic E-state index is 13.2. The van der Waals surface area contributed by atoms with Crippen LogP contribution in [-0.4, -0.2) is 29.2 Å². The Kier molecular flexibility index (Phi) is 5.03. The highest BCUT2D eigenvalue weighted by Crippen LogP contribution is 2.35. The third kappa shape index (κ3) is 3.48. The van der Waals surface area contributed by atoms with Crippen molar-refractivity contribution in [2.75, 3.05) is 6.54 Å². The second-order valence-electron chi connectivity index (χ2n) is 7.28. The average Bonchev–Trinajstić information content (AvgIpc) is 3.06. The Balaban J connectivity index is 1.53. The van der Waals surface area contributed by atoms with Gasteiger partial charge in [0, 0.05) is 5.56 Å². The molecule has 1 aliphatic rings. The Morgan fingerprint density at radius 2 is 1.39 bits per heavy atom. The van der Waals surface area contributed by atoms with Crippen LogP contribution in [0.2, 0.25) is 5.02 Å². The highest BCUT2D eigenvalue weighted by Gasteiger charge is 2.37. The van der Waals surface area contributed by atoms with Gasteiger partial charge in [0.15, 0.2) is 5.76 Å². The van der Waals surface area contributed by atoms with Crippen LogP contribution in [0.3, 0.4) is 0 Å². The van der Waals surface area contributed by atoms with Crippen molar-refractivity contribution in [2.24, 2.45) is 0 Å². The van der Waals surface area contributed by atoms with Crippen molar-refractivity contribution in [1.82, 2.24) is 4.90 Å². The van der Waals surface area contributed by atoms with Crippen molar-refractivity contribution in [3.8, 4) is 17.1 Å². The molecule has 0 saturated carbocycles. The zero-order valence-electron chi connectivity index (χ0n) is 16.9. The Hall–Kier alpha value is -4.23. The number of rotatable bonds is 4. The second-order valence-corrected chi connectivity index (χ2v) is 7.69. The molecule has 4 aromatic rings. The average molecular weight is 460 g/mol. The summed E-state index contributed by atoms with van der Waals surface area (Å²) >= 11 is 6.30. The van der Waals surface area contributed by atoms with Crippen molar-refractivity contribution < 1.29 is 23.5 Å². The predicted molar refractivity (Wildman–Crippen MR) is 120 cm³/mol. The summed E-state index contributed by atoms with van der Waals surface area (Å²) in [6.07, 6.45) is 0. The summed E-state index contributed by atoms with van der Waals surface area (Å²) in [5.74, 6) is -2.59. The molecule has 2 heterocycles. The molecule has 1 aliphatic heterocycles. The summed E-state index contributed by atoms with van der Waals surface area (Å²) < 4.78 is 11.3. The van der Waals surface area contributed by atoms with Crippen LogP contribution in [0.25, 0.3) is 22.3 Å². The van der Waals surface area contributed by atoms with Crippen LogP contribution >= 0.6 is 11.6 Å². The standard InChI is InChI=1S/C25H14ClNO6/c26-18-11-5-3-9-16(18)22-23(21(29)17-10-4-6-12-19(17)32-22)33-20(28)13-27-24(30)14-7-1-2-8-15(14)25(27)31/h1-12H,13H2. The van der Waals surface area contributed by atoms with E-state index in [2.05, 4.69) is 0 Å². The Morgan fingerprint density at radius 3 is 2.06 bits per heavy atom. The number of benzene rings is 3. The fourth-order valence-corrected chi connectivity index (χ4v) is 3.92. The van der Waals surface area contributed by atoms with Gasteiger partial charge in [-0.1, -0.05) is 48.0 Å². The number of ether oxygens (including phenoxy) is 1. The smallest absolute Gasteiger partial charge is 0.331 e. The highest BCUT2D eigenvalue weighted by atomic mass is 35.5. The molecular formula is C25H14ClNO6. The molecule has 1 aromatic heterocycles. The molecule has 7 nitrogen and oxygen atoms in total. The van der Waals surface area contributed by atoms with Gasteiger partial charge < -0.3 is 9.15 Å². The van der Waals surface area contributed by atoms with E-state index < -0.39 is 29.8 Å². The number of para-hydroxylation sites is 1. The summed E-state index contributed by atoms with van der Waals surface area (Å²) in [5.41, 5.74) is 0.472. The third-order valence-electron chi connectivity index (χ3n) is 5.26. The molecule has 0 bridgehead atoms. The van der Waals surface area contributed by atoms with Gasteiger partial charge in [0.25, 0.3) is 11.8 Å². The van der Waals surface area contributed by atoms with Crippen LogP contribution in [-0.2, 0) is 4.79 Å². The number of fused-ring (bicyclic) bond motifs is 2. The minimum atomic E-state index is -0.972. The number of nitrogens with zero attached hydrogens (tertiary/aromatic N) is 1. The zero-order valence-corrected chi connectivity index (χ0v) is 17.7. The molecule has 8 heteroatoms. The number of carbonyl (C=O) groups excluding carboxylic acids is 3. The first kappa shape index (κ1) is 20.7. The Bertz CT molecular complexity index is 1490. The lowest BCUT2D eigenvalue weighted by Gasteiger charge is -2.14. The number of esters is 1. The number of hydrogen-bond donors (Lipinski definition) is 0. The maximum Gasteiger partial charge on any atom is 0.331 e. The predicted octanol–water partition coefficient (Wildman–Crippen LogP) is 4.32. The van der Waals surface area contributed by atoms with Gasteiger partial charge >= 0.3 is 5.97 Å². The molecule has 0 saturated heterocycles. The Morgan fingerprint density at radius 1 is 0.818 bits per heavy atom. The fraction of sp³-hybridized carbons (Fsp3) is 0.0400. The molecule has 2 amide bonds. The van der Waals surface area contributed by atoms with Gasteiger partial charge in [-0.15, -0.1) is 0 Å².